The minimum absolute atomic E-state index is 0.476. The van der Waals surface area contributed by atoms with Crippen LogP contribution in [0.3, 0.4) is 0 Å². The van der Waals surface area contributed by atoms with E-state index in [-0.39, 0.29) is 0 Å². The van der Waals surface area contributed by atoms with Crippen molar-refractivity contribution in [2.75, 3.05) is 19.6 Å². The summed E-state index contributed by atoms with van der Waals surface area (Å²) in [7, 11) is 0. The Kier molecular flexibility index (Phi) is 4.78. The normalized spacial score (nSPS) is 24.8. The lowest BCUT2D eigenvalue weighted by atomic mass is 9.98. The van der Waals surface area contributed by atoms with E-state index in [1.807, 2.05) is 12.5 Å². The van der Waals surface area contributed by atoms with Gasteiger partial charge in [0.25, 0.3) is 0 Å². The molecule has 0 aliphatic carbocycles. The zero-order valence-electron chi connectivity index (χ0n) is 11.7. The number of imidazole rings is 1. The van der Waals surface area contributed by atoms with E-state index in [4.69, 9.17) is 5.73 Å². The lowest BCUT2D eigenvalue weighted by molar-refractivity contribution is 0.221. The molecule has 0 spiro atoms. The minimum atomic E-state index is 0.476. The first-order valence-electron chi connectivity index (χ1n) is 7.25. The minimum Gasteiger partial charge on any atom is -0.333 e. The maximum absolute atomic E-state index is 5.96. The van der Waals surface area contributed by atoms with Gasteiger partial charge in [-0.1, -0.05) is 13.8 Å². The standard InChI is InChI=1S/C14H26N4/c1-3-6-17-8-5-12(9-15)14(17)13-10-16-11-18(13)7-4-2/h10-12,14H,3-9,15H2,1-2H3. The van der Waals surface area contributed by atoms with Gasteiger partial charge >= 0.3 is 0 Å². The zero-order valence-corrected chi connectivity index (χ0v) is 11.7. The molecule has 0 saturated carbocycles. The fraction of sp³-hybridized carbons (Fsp3) is 0.786. The highest BCUT2D eigenvalue weighted by molar-refractivity contribution is 5.10. The summed E-state index contributed by atoms with van der Waals surface area (Å²) in [6.07, 6.45) is 7.58. The van der Waals surface area contributed by atoms with Gasteiger partial charge in [-0.2, -0.15) is 0 Å². The Balaban J connectivity index is 2.22. The first kappa shape index (κ1) is 13.6. The number of rotatable bonds is 6. The third kappa shape index (κ3) is 2.59. The largest absolute Gasteiger partial charge is 0.333 e. The van der Waals surface area contributed by atoms with E-state index < -0.39 is 0 Å². The first-order valence-corrected chi connectivity index (χ1v) is 7.25. The summed E-state index contributed by atoms with van der Waals surface area (Å²) >= 11 is 0. The van der Waals surface area contributed by atoms with Gasteiger partial charge in [0, 0.05) is 12.7 Å². The number of hydrogen-bond acceptors (Lipinski definition) is 3. The lowest BCUT2D eigenvalue weighted by Gasteiger charge is -2.28. The lowest BCUT2D eigenvalue weighted by Crippen LogP contribution is -2.30. The van der Waals surface area contributed by atoms with Crippen LogP contribution in [0.5, 0.6) is 0 Å². The molecule has 2 rings (SSSR count). The van der Waals surface area contributed by atoms with Crippen molar-refractivity contribution in [3.8, 4) is 0 Å². The molecule has 4 heteroatoms. The molecule has 2 unspecified atom stereocenters. The third-order valence-corrected chi connectivity index (χ3v) is 3.95. The van der Waals surface area contributed by atoms with Crippen molar-refractivity contribution >= 4 is 0 Å². The Morgan fingerprint density at radius 3 is 2.78 bits per heavy atom. The predicted molar refractivity (Wildman–Crippen MR) is 74.3 cm³/mol. The van der Waals surface area contributed by atoms with Gasteiger partial charge in [-0.05, 0) is 44.8 Å². The van der Waals surface area contributed by atoms with Crippen LogP contribution in [0.25, 0.3) is 0 Å². The van der Waals surface area contributed by atoms with Crippen LogP contribution in [0, 0.1) is 5.92 Å². The highest BCUT2D eigenvalue weighted by atomic mass is 15.2. The Labute approximate surface area is 110 Å². The number of likely N-dealkylation sites (tertiary alicyclic amines) is 1. The average molecular weight is 250 g/mol. The van der Waals surface area contributed by atoms with Gasteiger partial charge in [-0.15, -0.1) is 0 Å². The molecule has 1 aromatic heterocycles. The summed E-state index contributed by atoms with van der Waals surface area (Å²) in [5, 5.41) is 0. The van der Waals surface area contributed by atoms with E-state index in [1.165, 1.54) is 31.6 Å². The second kappa shape index (κ2) is 6.34. The van der Waals surface area contributed by atoms with Gasteiger partial charge in [0.1, 0.15) is 0 Å². The average Bonchev–Trinajstić information content (AvgIpc) is 2.96. The molecule has 2 heterocycles. The van der Waals surface area contributed by atoms with E-state index in [0.717, 1.165) is 19.5 Å². The topological polar surface area (TPSA) is 47.1 Å². The van der Waals surface area contributed by atoms with Gasteiger partial charge in [-0.25, -0.2) is 4.98 Å². The molecule has 18 heavy (non-hydrogen) atoms. The third-order valence-electron chi connectivity index (χ3n) is 3.95. The first-order chi connectivity index (χ1) is 8.81. The zero-order chi connectivity index (χ0) is 13.0. The molecule has 2 N–H and O–H groups in total. The van der Waals surface area contributed by atoms with Crippen LogP contribution in [0.15, 0.2) is 12.5 Å². The maximum atomic E-state index is 5.96. The molecule has 102 valence electrons. The summed E-state index contributed by atoms with van der Waals surface area (Å²) in [6.45, 7) is 8.64. The molecule has 0 radical (unpaired) electrons. The molecule has 1 aromatic rings. The molecule has 0 aromatic carbocycles. The van der Waals surface area contributed by atoms with E-state index in [1.54, 1.807) is 0 Å². The Morgan fingerprint density at radius 2 is 2.11 bits per heavy atom. The second-order valence-corrected chi connectivity index (χ2v) is 5.28. The van der Waals surface area contributed by atoms with Crippen molar-refractivity contribution < 1.29 is 0 Å². The van der Waals surface area contributed by atoms with E-state index in [0.29, 0.717) is 12.0 Å². The summed E-state index contributed by atoms with van der Waals surface area (Å²) in [5.74, 6) is 0.587. The molecular formula is C14H26N4. The predicted octanol–water partition coefficient (Wildman–Crippen LogP) is 2.02. The Bertz CT molecular complexity index is 360. The van der Waals surface area contributed by atoms with Gasteiger partial charge in [0.2, 0.25) is 0 Å². The molecule has 1 fully saturated rings. The number of aromatic nitrogens is 2. The molecular weight excluding hydrogens is 224 g/mol. The van der Waals surface area contributed by atoms with Gasteiger partial charge in [0.15, 0.2) is 0 Å². The van der Waals surface area contributed by atoms with E-state index >= 15 is 0 Å². The smallest absolute Gasteiger partial charge is 0.0948 e. The molecule has 2 atom stereocenters. The van der Waals surface area contributed by atoms with Crippen LogP contribution in [0.4, 0.5) is 0 Å². The molecule has 1 aliphatic heterocycles. The quantitative estimate of drug-likeness (QED) is 0.840. The summed E-state index contributed by atoms with van der Waals surface area (Å²) in [6, 6.07) is 0.476. The molecule has 4 nitrogen and oxygen atoms in total. The van der Waals surface area contributed by atoms with Crippen molar-refractivity contribution in [3.05, 3.63) is 18.2 Å². The molecule has 1 saturated heterocycles. The number of nitrogens with two attached hydrogens (primary N) is 1. The van der Waals surface area contributed by atoms with Crippen molar-refractivity contribution in [1.82, 2.24) is 14.5 Å². The molecule has 0 bridgehead atoms. The maximum Gasteiger partial charge on any atom is 0.0948 e. The van der Waals surface area contributed by atoms with Crippen molar-refractivity contribution in [3.63, 3.8) is 0 Å². The second-order valence-electron chi connectivity index (χ2n) is 5.28. The Hall–Kier alpha value is -0.870. The molecule has 0 amide bonds. The van der Waals surface area contributed by atoms with E-state index in [2.05, 4.69) is 28.3 Å². The van der Waals surface area contributed by atoms with Gasteiger partial charge in [-0.3, -0.25) is 4.90 Å². The van der Waals surface area contributed by atoms with Crippen LogP contribution in [0.1, 0.15) is 44.8 Å². The number of aryl methyl sites for hydroxylation is 1. The van der Waals surface area contributed by atoms with Crippen molar-refractivity contribution in [2.45, 2.75) is 45.7 Å². The highest BCUT2D eigenvalue weighted by Crippen LogP contribution is 2.36. The van der Waals surface area contributed by atoms with Crippen LogP contribution in [-0.2, 0) is 6.54 Å². The van der Waals surface area contributed by atoms with Crippen LogP contribution in [0.2, 0.25) is 0 Å². The fourth-order valence-corrected chi connectivity index (χ4v) is 3.15. The highest BCUT2D eigenvalue weighted by Gasteiger charge is 2.35. The summed E-state index contributed by atoms with van der Waals surface area (Å²) in [5.41, 5.74) is 7.32. The van der Waals surface area contributed by atoms with Gasteiger partial charge < -0.3 is 10.3 Å². The van der Waals surface area contributed by atoms with Crippen molar-refractivity contribution in [2.24, 2.45) is 11.7 Å². The van der Waals surface area contributed by atoms with Gasteiger partial charge in [0.05, 0.1) is 18.1 Å². The van der Waals surface area contributed by atoms with Crippen LogP contribution < -0.4 is 5.73 Å². The number of hydrogen-bond donors (Lipinski definition) is 1. The fourth-order valence-electron chi connectivity index (χ4n) is 3.15. The Morgan fingerprint density at radius 1 is 1.33 bits per heavy atom. The summed E-state index contributed by atoms with van der Waals surface area (Å²) < 4.78 is 2.31. The number of nitrogens with zero attached hydrogens (tertiary/aromatic N) is 3. The van der Waals surface area contributed by atoms with Crippen LogP contribution >= 0.6 is 0 Å². The van der Waals surface area contributed by atoms with Crippen LogP contribution in [-0.4, -0.2) is 34.1 Å². The monoisotopic (exact) mass is 250 g/mol. The van der Waals surface area contributed by atoms with Crippen molar-refractivity contribution in [1.29, 1.82) is 0 Å². The SMILES string of the molecule is CCCN1CCC(CN)C1c1cncn1CCC. The summed E-state index contributed by atoms with van der Waals surface area (Å²) in [4.78, 5) is 6.93. The molecule has 1 aliphatic rings. The van der Waals surface area contributed by atoms with E-state index in [9.17, 15) is 0 Å².